The number of nitrogens with one attached hydrogen (secondary N) is 1. The molecule has 80 valence electrons. The standard InChI is InChI=1S/C11H21N3/c1-4-6-7-10(12-5-2)11-8-14(3)9-13-11/h8-10,12H,4-7H2,1-3H3. The lowest BCUT2D eigenvalue weighted by atomic mass is 10.1. The van der Waals surface area contributed by atoms with E-state index in [1.807, 2.05) is 17.9 Å². The van der Waals surface area contributed by atoms with Crippen LogP contribution in [0.25, 0.3) is 0 Å². The Morgan fingerprint density at radius 2 is 2.29 bits per heavy atom. The van der Waals surface area contributed by atoms with Gasteiger partial charge in [-0.25, -0.2) is 4.98 Å². The number of aryl methyl sites for hydroxylation is 1. The number of hydrogen-bond acceptors (Lipinski definition) is 2. The molecule has 0 saturated heterocycles. The monoisotopic (exact) mass is 195 g/mol. The van der Waals surface area contributed by atoms with Crippen molar-refractivity contribution in [1.29, 1.82) is 0 Å². The SMILES string of the molecule is CCCCC(NCC)c1cn(C)cn1. The fourth-order valence-corrected chi connectivity index (χ4v) is 1.62. The summed E-state index contributed by atoms with van der Waals surface area (Å²) in [7, 11) is 2.01. The van der Waals surface area contributed by atoms with Gasteiger partial charge in [-0.1, -0.05) is 26.7 Å². The van der Waals surface area contributed by atoms with Crippen molar-refractivity contribution < 1.29 is 0 Å². The maximum Gasteiger partial charge on any atom is 0.0947 e. The van der Waals surface area contributed by atoms with Gasteiger partial charge >= 0.3 is 0 Å². The minimum absolute atomic E-state index is 0.432. The second kappa shape index (κ2) is 5.81. The van der Waals surface area contributed by atoms with Gasteiger partial charge in [0.2, 0.25) is 0 Å². The average molecular weight is 195 g/mol. The third kappa shape index (κ3) is 3.14. The summed E-state index contributed by atoms with van der Waals surface area (Å²) < 4.78 is 2.01. The van der Waals surface area contributed by atoms with Crippen LogP contribution in [0.3, 0.4) is 0 Å². The average Bonchev–Trinajstić information content (AvgIpc) is 2.59. The largest absolute Gasteiger partial charge is 0.340 e. The van der Waals surface area contributed by atoms with Crippen LogP contribution in [0, 0.1) is 0 Å². The molecule has 3 heteroatoms. The van der Waals surface area contributed by atoms with Crippen LogP contribution in [0.4, 0.5) is 0 Å². The molecule has 0 radical (unpaired) electrons. The van der Waals surface area contributed by atoms with Gasteiger partial charge in [-0.05, 0) is 13.0 Å². The van der Waals surface area contributed by atoms with Crippen LogP contribution in [0.1, 0.15) is 44.8 Å². The van der Waals surface area contributed by atoms with Crippen LogP contribution in [-0.4, -0.2) is 16.1 Å². The lowest BCUT2D eigenvalue weighted by molar-refractivity contribution is 0.486. The second-order valence-electron chi connectivity index (χ2n) is 3.72. The van der Waals surface area contributed by atoms with Crippen molar-refractivity contribution in [3.63, 3.8) is 0 Å². The Labute approximate surface area is 86.5 Å². The molecular weight excluding hydrogens is 174 g/mol. The summed E-state index contributed by atoms with van der Waals surface area (Å²) in [4.78, 5) is 4.39. The van der Waals surface area contributed by atoms with Gasteiger partial charge in [0.05, 0.1) is 18.1 Å². The molecule has 3 nitrogen and oxygen atoms in total. The van der Waals surface area contributed by atoms with E-state index < -0.39 is 0 Å². The summed E-state index contributed by atoms with van der Waals surface area (Å²) in [5.41, 5.74) is 1.17. The number of hydrogen-bond donors (Lipinski definition) is 1. The van der Waals surface area contributed by atoms with Crippen molar-refractivity contribution in [2.24, 2.45) is 7.05 Å². The van der Waals surface area contributed by atoms with Crippen LogP contribution in [0.5, 0.6) is 0 Å². The summed E-state index contributed by atoms with van der Waals surface area (Å²) in [6, 6.07) is 0.432. The Kier molecular flexibility index (Phi) is 4.66. The molecule has 1 atom stereocenters. The lowest BCUT2D eigenvalue weighted by Crippen LogP contribution is -2.21. The zero-order valence-corrected chi connectivity index (χ0v) is 9.45. The molecule has 1 aromatic heterocycles. The summed E-state index contributed by atoms with van der Waals surface area (Å²) in [5.74, 6) is 0. The maximum atomic E-state index is 4.39. The van der Waals surface area contributed by atoms with E-state index in [1.165, 1.54) is 25.0 Å². The van der Waals surface area contributed by atoms with Gasteiger partial charge in [0.1, 0.15) is 0 Å². The second-order valence-corrected chi connectivity index (χ2v) is 3.72. The zero-order chi connectivity index (χ0) is 10.4. The van der Waals surface area contributed by atoms with E-state index in [2.05, 4.69) is 30.3 Å². The van der Waals surface area contributed by atoms with E-state index in [4.69, 9.17) is 0 Å². The summed E-state index contributed by atoms with van der Waals surface area (Å²) in [6.45, 7) is 5.37. The van der Waals surface area contributed by atoms with Crippen LogP contribution < -0.4 is 5.32 Å². The minimum Gasteiger partial charge on any atom is -0.340 e. The third-order valence-electron chi connectivity index (χ3n) is 2.38. The molecule has 1 heterocycles. The predicted octanol–water partition coefficient (Wildman–Crippen LogP) is 2.26. The van der Waals surface area contributed by atoms with Gasteiger partial charge in [-0.2, -0.15) is 0 Å². The number of unbranched alkanes of at least 4 members (excludes halogenated alkanes) is 1. The zero-order valence-electron chi connectivity index (χ0n) is 9.45. The van der Waals surface area contributed by atoms with E-state index in [1.54, 1.807) is 0 Å². The Balaban J connectivity index is 2.57. The summed E-state index contributed by atoms with van der Waals surface area (Å²) in [6.07, 6.45) is 7.65. The molecule has 0 fully saturated rings. The highest BCUT2D eigenvalue weighted by Crippen LogP contribution is 2.16. The topological polar surface area (TPSA) is 29.9 Å². The minimum atomic E-state index is 0.432. The highest BCUT2D eigenvalue weighted by atomic mass is 15.0. The summed E-state index contributed by atoms with van der Waals surface area (Å²) >= 11 is 0. The molecule has 0 aliphatic heterocycles. The number of nitrogens with zero attached hydrogens (tertiary/aromatic N) is 2. The van der Waals surface area contributed by atoms with Crippen LogP contribution in [0.2, 0.25) is 0 Å². The van der Waals surface area contributed by atoms with Gasteiger partial charge in [0.15, 0.2) is 0 Å². The predicted molar refractivity (Wildman–Crippen MR) is 59.2 cm³/mol. The molecule has 1 N–H and O–H groups in total. The highest BCUT2D eigenvalue weighted by molar-refractivity contribution is 5.03. The van der Waals surface area contributed by atoms with Crippen molar-refractivity contribution in [3.05, 3.63) is 18.2 Å². The maximum absolute atomic E-state index is 4.39. The molecule has 0 spiro atoms. The van der Waals surface area contributed by atoms with Crippen LogP contribution >= 0.6 is 0 Å². The number of aromatic nitrogens is 2. The molecule has 1 rings (SSSR count). The molecule has 0 bridgehead atoms. The first-order valence-electron chi connectivity index (χ1n) is 5.49. The summed E-state index contributed by atoms with van der Waals surface area (Å²) in [5, 5.41) is 3.47. The molecule has 0 aromatic carbocycles. The van der Waals surface area contributed by atoms with Crippen LogP contribution in [-0.2, 0) is 7.05 Å². The van der Waals surface area contributed by atoms with E-state index in [9.17, 15) is 0 Å². The van der Waals surface area contributed by atoms with Crippen molar-refractivity contribution in [2.45, 2.75) is 39.2 Å². The van der Waals surface area contributed by atoms with Crippen molar-refractivity contribution in [1.82, 2.24) is 14.9 Å². The van der Waals surface area contributed by atoms with E-state index in [0.29, 0.717) is 6.04 Å². The highest BCUT2D eigenvalue weighted by Gasteiger charge is 2.11. The first kappa shape index (κ1) is 11.2. The van der Waals surface area contributed by atoms with E-state index in [-0.39, 0.29) is 0 Å². The Morgan fingerprint density at radius 1 is 1.50 bits per heavy atom. The van der Waals surface area contributed by atoms with Gasteiger partial charge in [0.25, 0.3) is 0 Å². The van der Waals surface area contributed by atoms with Crippen molar-refractivity contribution in [3.8, 4) is 0 Å². The fraction of sp³-hybridized carbons (Fsp3) is 0.727. The Bertz CT molecular complexity index is 255. The molecule has 0 aliphatic carbocycles. The van der Waals surface area contributed by atoms with E-state index >= 15 is 0 Å². The Hall–Kier alpha value is -0.830. The van der Waals surface area contributed by atoms with E-state index in [0.717, 1.165) is 6.54 Å². The molecule has 0 saturated carbocycles. The molecule has 14 heavy (non-hydrogen) atoms. The smallest absolute Gasteiger partial charge is 0.0947 e. The van der Waals surface area contributed by atoms with Gasteiger partial charge < -0.3 is 9.88 Å². The molecule has 1 unspecified atom stereocenters. The quantitative estimate of drug-likeness (QED) is 0.754. The first-order valence-corrected chi connectivity index (χ1v) is 5.49. The molecular formula is C11H21N3. The van der Waals surface area contributed by atoms with Crippen molar-refractivity contribution in [2.75, 3.05) is 6.54 Å². The molecule has 0 amide bonds. The van der Waals surface area contributed by atoms with Crippen LogP contribution in [0.15, 0.2) is 12.5 Å². The lowest BCUT2D eigenvalue weighted by Gasteiger charge is -2.14. The normalized spacial score (nSPS) is 13.1. The number of imidazole rings is 1. The van der Waals surface area contributed by atoms with Gasteiger partial charge in [-0.3, -0.25) is 0 Å². The molecule has 0 aliphatic rings. The molecule has 1 aromatic rings. The van der Waals surface area contributed by atoms with Gasteiger partial charge in [0, 0.05) is 13.2 Å². The number of rotatable bonds is 6. The van der Waals surface area contributed by atoms with Gasteiger partial charge in [-0.15, -0.1) is 0 Å². The van der Waals surface area contributed by atoms with Crippen molar-refractivity contribution >= 4 is 0 Å². The fourth-order valence-electron chi connectivity index (χ4n) is 1.62. The Morgan fingerprint density at radius 3 is 2.79 bits per heavy atom. The third-order valence-corrected chi connectivity index (χ3v) is 2.38. The first-order chi connectivity index (χ1) is 6.77.